The summed E-state index contributed by atoms with van der Waals surface area (Å²) in [7, 11) is 0. The standard InChI is InChI=1S/C12H18N2O2/c1-2-14-9-10(8-13-14)6-11(15)7-12-4-3-5-16-12/h8-9,12H,2-7H2,1H3. The van der Waals surface area contributed by atoms with Crippen LogP contribution in [0.15, 0.2) is 12.4 Å². The molecular weight excluding hydrogens is 204 g/mol. The number of nitrogens with zero attached hydrogens (tertiary/aromatic N) is 2. The summed E-state index contributed by atoms with van der Waals surface area (Å²) < 4.78 is 7.29. The molecule has 2 rings (SSSR count). The van der Waals surface area contributed by atoms with Crippen molar-refractivity contribution in [3.8, 4) is 0 Å². The third-order valence-electron chi connectivity index (χ3n) is 2.89. The van der Waals surface area contributed by atoms with Gasteiger partial charge in [0.25, 0.3) is 0 Å². The number of carbonyl (C=O) groups is 1. The Morgan fingerprint density at radius 2 is 2.56 bits per heavy atom. The number of aryl methyl sites for hydroxylation is 1. The molecule has 1 fully saturated rings. The number of aromatic nitrogens is 2. The van der Waals surface area contributed by atoms with Gasteiger partial charge in [0.15, 0.2) is 0 Å². The predicted octanol–water partition coefficient (Wildman–Crippen LogP) is 1.58. The summed E-state index contributed by atoms with van der Waals surface area (Å²) in [6.45, 7) is 3.69. The summed E-state index contributed by atoms with van der Waals surface area (Å²) in [6, 6.07) is 0. The number of hydrogen-bond acceptors (Lipinski definition) is 3. The van der Waals surface area contributed by atoms with Gasteiger partial charge in [-0.25, -0.2) is 0 Å². The summed E-state index contributed by atoms with van der Waals surface area (Å²) >= 11 is 0. The molecule has 0 aliphatic carbocycles. The summed E-state index contributed by atoms with van der Waals surface area (Å²) in [5.41, 5.74) is 1.00. The van der Waals surface area contributed by atoms with Gasteiger partial charge in [0.1, 0.15) is 5.78 Å². The topological polar surface area (TPSA) is 44.1 Å². The Labute approximate surface area is 95.6 Å². The summed E-state index contributed by atoms with van der Waals surface area (Å²) in [5.74, 6) is 0.252. The highest BCUT2D eigenvalue weighted by molar-refractivity contribution is 5.81. The molecule has 4 heteroatoms. The first kappa shape index (κ1) is 11.3. The van der Waals surface area contributed by atoms with Crippen molar-refractivity contribution in [2.45, 2.75) is 45.3 Å². The predicted molar refractivity (Wildman–Crippen MR) is 60.2 cm³/mol. The molecule has 0 saturated carbocycles. The van der Waals surface area contributed by atoms with E-state index >= 15 is 0 Å². The molecule has 0 N–H and O–H groups in total. The first-order valence-corrected chi connectivity index (χ1v) is 5.92. The third-order valence-corrected chi connectivity index (χ3v) is 2.89. The SMILES string of the molecule is CCn1cc(CC(=O)CC2CCCO2)cn1. The molecule has 0 aromatic carbocycles. The van der Waals surface area contributed by atoms with Crippen LogP contribution in [0.2, 0.25) is 0 Å². The van der Waals surface area contributed by atoms with Gasteiger partial charge in [-0.3, -0.25) is 9.48 Å². The Morgan fingerprint density at radius 3 is 3.19 bits per heavy atom. The van der Waals surface area contributed by atoms with Gasteiger partial charge >= 0.3 is 0 Å². The summed E-state index contributed by atoms with van der Waals surface area (Å²) in [4.78, 5) is 11.7. The van der Waals surface area contributed by atoms with Crippen LogP contribution in [0.3, 0.4) is 0 Å². The van der Waals surface area contributed by atoms with Crippen molar-refractivity contribution in [2.75, 3.05) is 6.61 Å². The average Bonchev–Trinajstić information content (AvgIpc) is 2.89. The lowest BCUT2D eigenvalue weighted by molar-refractivity contribution is -0.120. The van der Waals surface area contributed by atoms with Crippen molar-refractivity contribution in [3.05, 3.63) is 18.0 Å². The molecule has 1 aliphatic rings. The highest BCUT2D eigenvalue weighted by Gasteiger charge is 2.19. The van der Waals surface area contributed by atoms with Crippen molar-refractivity contribution < 1.29 is 9.53 Å². The zero-order valence-corrected chi connectivity index (χ0v) is 9.69. The minimum atomic E-state index is 0.161. The smallest absolute Gasteiger partial charge is 0.139 e. The fourth-order valence-electron chi connectivity index (χ4n) is 2.03. The van der Waals surface area contributed by atoms with E-state index in [9.17, 15) is 4.79 Å². The van der Waals surface area contributed by atoms with E-state index in [1.807, 2.05) is 17.8 Å². The van der Waals surface area contributed by atoms with E-state index in [-0.39, 0.29) is 11.9 Å². The molecule has 1 aromatic rings. The molecule has 0 radical (unpaired) electrons. The van der Waals surface area contributed by atoms with Gasteiger partial charge in [0, 0.05) is 32.2 Å². The van der Waals surface area contributed by atoms with E-state index in [0.29, 0.717) is 12.8 Å². The molecule has 1 aliphatic heterocycles. The second-order valence-corrected chi connectivity index (χ2v) is 4.26. The maximum atomic E-state index is 11.7. The quantitative estimate of drug-likeness (QED) is 0.759. The van der Waals surface area contributed by atoms with Crippen LogP contribution in [-0.4, -0.2) is 28.3 Å². The molecule has 2 heterocycles. The lowest BCUT2D eigenvalue weighted by Crippen LogP contribution is -2.13. The van der Waals surface area contributed by atoms with Gasteiger partial charge in [-0.2, -0.15) is 5.10 Å². The molecule has 0 bridgehead atoms. The third kappa shape index (κ3) is 2.92. The van der Waals surface area contributed by atoms with Crippen LogP contribution in [0, 0.1) is 0 Å². The maximum absolute atomic E-state index is 11.7. The minimum absolute atomic E-state index is 0.161. The maximum Gasteiger partial charge on any atom is 0.139 e. The summed E-state index contributed by atoms with van der Waals surface area (Å²) in [5, 5.41) is 4.15. The highest BCUT2D eigenvalue weighted by atomic mass is 16.5. The van der Waals surface area contributed by atoms with E-state index < -0.39 is 0 Å². The van der Waals surface area contributed by atoms with Crippen LogP contribution in [0.25, 0.3) is 0 Å². The van der Waals surface area contributed by atoms with E-state index in [4.69, 9.17) is 4.74 Å². The van der Waals surface area contributed by atoms with E-state index in [2.05, 4.69) is 5.10 Å². The second kappa shape index (κ2) is 5.25. The molecule has 4 nitrogen and oxygen atoms in total. The minimum Gasteiger partial charge on any atom is -0.378 e. The molecule has 1 unspecified atom stereocenters. The van der Waals surface area contributed by atoms with Crippen LogP contribution in [0.4, 0.5) is 0 Å². The molecule has 1 atom stereocenters. The second-order valence-electron chi connectivity index (χ2n) is 4.26. The van der Waals surface area contributed by atoms with E-state index in [0.717, 1.165) is 31.6 Å². The van der Waals surface area contributed by atoms with Gasteiger partial charge in [0.2, 0.25) is 0 Å². The van der Waals surface area contributed by atoms with Crippen molar-refractivity contribution in [3.63, 3.8) is 0 Å². The number of Topliss-reactive ketones (excluding diaryl/α,β-unsaturated/α-hetero) is 1. The van der Waals surface area contributed by atoms with Gasteiger partial charge in [-0.15, -0.1) is 0 Å². The fraction of sp³-hybridized carbons (Fsp3) is 0.667. The Balaban J connectivity index is 1.81. The van der Waals surface area contributed by atoms with Crippen molar-refractivity contribution in [1.82, 2.24) is 9.78 Å². The Bertz CT molecular complexity index is 354. The molecule has 0 spiro atoms. The molecule has 16 heavy (non-hydrogen) atoms. The molecule has 1 aromatic heterocycles. The highest BCUT2D eigenvalue weighted by Crippen LogP contribution is 2.16. The zero-order chi connectivity index (χ0) is 11.4. The normalized spacial score (nSPS) is 20.2. The van der Waals surface area contributed by atoms with Crippen molar-refractivity contribution in [2.24, 2.45) is 0 Å². The lowest BCUT2D eigenvalue weighted by atomic mass is 10.1. The molecule has 1 saturated heterocycles. The Morgan fingerprint density at radius 1 is 1.69 bits per heavy atom. The Hall–Kier alpha value is -1.16. The molecule has 0 amide bonds. The van der Waals surface area contributed by atoms with Crippen molar-refractivity contribution >= 4 is 5.78 Å². The van der Waals surface area contributed by atoms with E-state index in [1.54, 1.807) is 6.20 Å². The number of hydrogen-bond donors (Lipinski definition) is 0. The number of ketones is 1. The largest absolute Gasteiger partial charge is 0.378 e. The fourth-order valence-corrected chi connectivity index (χ4v) is 2.03. The van der Waals surface area contributed by atoms with Gasteiger partial charge < -0.3 is 4.74 Å². The van der Waals surface area contributed by atoms with Crippen LogP contribution in [0.5, 0.6) is 0 Å². The zero-order valence-electron chi connectivity index (χ0n) is 9.69. The van der Waals surface area contributed by atoms with E-state index in [1.165, 1.54) is 0 Å². The van der Waals surface area contributed by atoms with Crippen LogP contribution in [0.1, 0.15) is 31.7 Å². The van der Waals surface area contributed by atoms with Crippen molar-refractivity contribution in [1.29, 1.82) is 0 Å². The average molecular weight is 222 g/mol. The van der Waals surface area contributed by atoms with Gasteiger partial charge in [0.05, 0.1) is 12.3 Å². The molecular formula is C12H18N2O2. The number of carbonyl (C=O) groups excluding carboxylic acids is 1. The lowest BCUT2D eigenvalue weighted by Gasteiger charge is -2.06. The van der Waals surface area contributed by atoms with Crippen LogP contribution in [-0.2, 0) is 22.5 Å². The Kier molecular flexibility index (Phi) is 3.72. The van der Waals surface area contributed by atoms with Gasteiger partial charge in [-0.1, -0.05) is 0 Å². The number of rotatable bonds is 5. The number of ether oxygens (including phenoxy) is 1. The van der Waals surface area contributed by atoms with Crippen LogP contribution >= 0.6 is 0 Å². The monoisotopic (exact) mass is 222 g/mol. The van der Waals surface area contributed by atoms with Gasteiger partial charge in [-0.05, 0) is 25.3 Å². The van der Waals surface area contributed by atoms with Crippen LogP contribution < -0.4 is 0 Å². The first-order chi connectivity index (χ1) is 7.78. The summed E-state index contributed by atoms with van der Waals surface area (Å²) in [6.07, 6.45) is 7.03. The first-order valence-electron chi connectivity index (χ1n) is 5.92. The molecule has 88 valence electrons.